The highest BCUT2D eigenvalue weighted by Gasteiger charge is 2.60. The molecule has 0 radical (unpaired) electrons. The molecule has 5 rings (SSSR count). The van der Waals surface area contributed by atoms with Gasteiger partial charge in [-0.25, -0.2) is 9.96 Å². The molecular weight excluding hydrogens is 562 g/mol. The number of nitrogens with zero attached hydrogens (tertiary/aromatic N) is 3. The number of hydroxylamine groups is 1. The molecule has 3 aromatic rings. The number of halogens is 1. The molecule has 3 aromatic carbocycles. The summed E-state index contributed by atoms with van der Waals surface area (Å²) in [7, 11) is 1.38. The standard InChI is InChI=1S/C26H22BrN3O8/c1-3-37-18-9-5-6-15(13-18)28-25(32)21-22(14-10-19(27)23(31)20(11-14)36-2)29(38-24(21)26(28)33)16-7-4-8-17(12-16)30(34)35/h4-13,21-22,24,31H,3H2,1-2H3/t21-,22+,24-/m0/s1. The van der Waals surface area contributed by atoms with Crippen molar-refractivity contribution in [2.24, 2.45) is 5.92 Å². The SMILES string of the molecule is CCOc1cccc(N2C(=O)[C@@H]3[C@H](ON(c4cccc([N+](=O)[O-])c4)[C@@H]3c3cc(Br)c(O)c(OC)c3)C2=O)c1. The highest BCUT2D eigenvalue weighted by atomic mass is 79.9. The number of fused-ring (bicyclic) bond motifs is 1. The highest BCUT2D eigenvalue weighted by molar-refractivity contribution is 9.10. The molecule has 0 bridgehead atoms. The topological polar surface area (TPSA) is 132 Å². The molecule has 11 nitrogen and oxygen atoms in total. The van der Waals surface area contributed by atoms with E-state index in [1.807, 2.05) is 6.92 Å². The maximum absolute atomic E-state index is 13.9. The van der Waals surface area contributed by atoms with Gasteiger partial charge in [-0.05, 0) is 58.7 Å². The lowest BCUT2D eigenvalue weighted by Crippen LogP contribution is -2.37. The van der Waals surface area contributed by atoms with Crippen LogP contribution in [0.15, 0.2) is 65.1 Å². The maximum atomic E-state index is 13.9. The summed E-state index contributed by atoms with van der Waals surface area (Å²) in [4.78, 5) is 45.5. The van der Waals surface area contributed by atoms with Crippen LogP contribution in [0.25, 0.3) is 0 Å². The number of benzene rings is 3. The third-order valence-electron chi connectivity index (χ3n) is 6.41. The zero-order valence-corrected chi connectivity index (χ0v) is 21.8. The van der Waals surface area contributed by atoms with Gasteiger partial charge in [0.15, 0.2) is 17.6 Å². The Labute approximate surface area is 225 Å². The Bertz CT molecular complexity index is 1450. The second-order valence-electron chi connectivity index (χ2n) is 8.60. The van der Waals surface area contributed by atoms with E-state index in [1.54, 1.807) is 36.4 Å². The number of methoxy groups -OCH3 is 1. The van der Waals surface area contributed by atoms with E-state index in [4.69, 9.17) is 14.3 Å². The maximum Gasteiger partial charge on any atom is 0.271 e. The molecule has 12 heteroatoms. The lowest BCUT2D eigenvalue weighted by Gasteiger charge is -2.29. The van der Waals surface area contributed by atoms with Crippen molar-refractivity contribution in [3.05, 3.63) is 80.8 Å². The van der Waals surface area contributed by atoms with Gasteiger partial charge in [-0.2, -0.15) is 0 Å². The number of ether oxygens (including phenoxy) is 2. The van der Waals surface area contributed by atoms with Crippen LogP contribution < -0.4 is 19.4 Å². The summed E-state index contributed by atoms with van der Waals surface area (Å²) < 4.78 is 11.1. The summed E-state index contributed by atoms with van der Waals surface area (Å²) in [6, 6.07) is 14.6. The monoisotopic (exact) mass is 583 g/mol. The average molecular weight is 584 g/mol. The van der Waals surface area contributed by atoms with Crippen LogP contribution in [0.4, 0.5) is 17.1 Å². The van der Waals surface area contributed by atoms with Gasteiger partial charge in [0.2, 0.25) is 5.91 Å². The van der Waals surface area contributed by atoms with E-state index in [0.29, 0.717) is 28.1 Å². The zero-order valence-electron chi connectivity index (χ0n) is 20.2. The van der Waals surface area contributed by atoms with Crippen LogP contribution in [-0.4, -0.2) is 41.7 Å². The van der Waals surface area contributed by atoms with Crippen molar-refractivity contribution < 1.29 is 33.9 Å². The lowest BCUT2D eigenvalue weighted by atomic mass is 9.90. The molecule has 0 spiro atoms. The second kappa shape index (κ2) is 9.95. The first kappa shape index (κ1) is 25.5. The van der Waals surface area contributed by atoms with Gasteiger partial charge in [-0.3, -0.25) is 24.5 Å². The fraction of sp³-hybridized carbons (Fsp3) is 0.231. The predicted octanol–water partition coefficient (Wildman–Crippen LogP) is 4.52. The molecule has 2 fully saturated rings. The van der Waals surface area contributed by atoms with Crippen LogP contribution in [0.5, 0.6) is 17.2 Å². The quantitative estimate of drug-likeness (QED) is 0.242. The van der Waals surface area contributed by atoms with Crippen molar-refractivity contribution in [3.63, 3.8) is 0 Å². The van der Waals surface area contributed by atoms with Gasteiger partial charge in [0, 0.05) is 18.2 Å². The molecule has 2 saturated heterocycles. The Hall–Kier alpha value is -4.16. The summed E-state index contributed by atoms with van der Waals surface area (Å²) in [6.45, 7) is 2.24. The summed E-state index contributed by atoms with van der Waals surface area (Å²) in [5.41, 5.74) is 0.927. The van der Waals surface area contributed by atoms with Crippen LogP contribution in [0.3, 0.4) is 0 Å². The number of hydrogen-bond acceptors (Lipinski definition) is 9. The normalized spacial score (nSPS) is 20.6. The fourth-order valence-electron chi connectivity index (χ4n) is 4.77. The van der Waals surface area contributed by atoms with Gasteiger partial charge in [-0.1, -0.05) is 12.1 Å². The van der Waals surface area contributed by atoms with E-state index < -0.39 is 34.8 Å². The van der Waals surface area contributed by atoms with Crippen LogP contribution in [0.1, 0.15) is 18.5 Å². The number of non-ortho nitro benzene ring substituents is 1. The van der Waals surface area contributed by atoms with Gasteiger partial charge >= 0.3 is 0 Å². The third kappa shape index (κ3) is 4.21. The van der Waals surface area contributed by atoms with Crippen LogP contribution in [0.2, 0.25) is 0 Å². The number of nitro groups is 1. The number of amides is 2. The smallest absolute Gasteiger partial charge is 0.271 e. The van der Waals surface area contributed by atoms with E-state index in [2.05, 4.69) is 15.9 Å². The molecule has 3 atom stereocenters. The lowest BCUT2D eigenvalue weighted by molar-refractivity contribution is -0.384. The first-order chi connectivity index (χ1) is 18.2. The van der Waals surface area contributed by atoms with Crippen LogP contribution in [0, 0.1) is 16.0 Å². The number of anilines is 2. The summed E-state index contributed by atoms with van der Waals surface area (Å²) >= 11 is 3.31. The molecule has 0 unspecified atom stereocenters. The molecule has 1 N–H and O–H groups in total. The number of nitro benzene ring substituents is 1. The van der Waals surface area contributed by atoms with Crippen LogP contribution >= 0.6 is 15.9 Å². The van der Waals surface area contributed by atoms with Crippen molar-refractivity contribution in [3.8, 4) is 17.2 Å². The minimum atomic E-state index is -1.19. The Balaban J connectivity index is 1.62. The molecule has 196 valence electrons. The number of hydrogen-bond donors (Lipinski definition) is 1. The highest BCUT2D eigenvalue weighted by Crippen LogP contribution is 2.50. The molecule has 0 saturated carbocycles. The Morgan fingerprint density at radius 1 is 1.08 bits per heavy atom. The minimum absolute atomic E-state index is 0.134. The third-order valence-corrected chi connectivity index (χ3v) is 7.01. The van der Waals surface area contributed by atoms with Crippen molar-refractivity contribution in [1.29, 1.82) is 0 Å². The van der Waals surface area contributed by atoms with Crippen molar-refractivity contribution >= 4 is 44.8 Å². The summed E-state index contributed by atoms with van der Waals surface area (Å²) in [6.07, 6.45) is -1.19. The number of carbonyl (C=O) groups is 2. The van der Waals surface area contributed by atoms with Crippen molar-refractivity contribution in [2.75, 3.05) is 23.7 Å². The first-order valence-corrected chi connectivity index (χ1v) is 12.4. The molecule has 2 amide bonds. The average Bonchev–Trinajstić information content (AvgIpc) is 3.41. The number of rotatable bonds is 7. The number of aromatic hydroxyl groups is 1. The number of phenols is 1. The van der Waals surface area contributed by atoms with Crippen LogP contribution in [-0.2, 0) is 14.4 Å². The Kier molecular flexibility index (Phi) is 6.67. The molecule has 0 aliphatic carbocycles. The molecule has 2 aliphatic rings. The molecule has 0 aromatic heterocycles. The van der Waals surface area contributed by atoms with E-state index in [0.717, 1.165) is 4.90 Å². The van der Waals surface area contributed by atoms with Gasteiger partial charge in [-0.15, -0.1) is 0 Å². The summed E-state index contributed by atoms with van der Waals surface area (Å²) in [5.74, 6) is -1.58. The van der Waals surface area contributed by atoms with Gasteiger partial charge in [0.25, 0.3) is 11.6 Å². The molecular formula is C26H22BrN3O8. The van der Waals surface area contributed by atoms with Gasteiger partial charge in [0.1, 0.15) is 11.7 Å². The predicted molar refractivity (Wildman–Crippen MR) is 139 cm³/mol. The number of imide groups is 1. The van der Waals surface area contributed by atoms with E-state index in [1.165, 1.54) is 36.4 Å². The van der Waals surface area contributed by atoms with E-state index in [9.17, 15) is 24.8 Å². The first-order valence-electron chi connectivity index (χ1n) is 11.6. The Morgan fingerprint density at radius 3 is 2.53 bits per heavy atom. The van der Waals surface area contributed by atoms with E-state index >= 15 is 0 Å². The summed E-state index contributed by atoms with van der Waals surface area (Å²) in [5, 5.41) is 23.1. The van der Waals surface area contributed by atoms with E-state index in [-0.39, 0.29) is 22.9 Å². The minimum Gasteiger partial charge on any atom is -0.503 e. The largest absolute Gasteiger partial charge is 0.503 e. The number of carbonyl (C=O) groups excluding carboxylic acids is 2. The van der Waals surface area contributed by atoms with Gasteiger partial charge < -0.3 is 14.6 Å². The second-order valence-corrected chi connectivity index (χ2v) is 9.45. The molecule has 2 aliphatic heterocycles. The Morgan fingerprint density at radius 2 is 1.82 bits per heavy atom. The van der Waals surface area contributed by atoms with Crippen molar-refractivity contribution in [2.45, 2.75) is 19.1 Å². The fourth-order valence-corrected chi connectivity index (χ4v) is 5.23. The zero-order chi connectivity index (χ0) is 27.1. The van der Waals surface area contributed by atoms with Crippen molar-refractivity contribution in [1.82, 2.24) is 0 Å². The molecule has 2 heterocycles. The molecule has 38 heavy (non-hydrogen) atoms. The number of phenolic OH excluding ortho intramolecular Hbond substituents is 1. The van der Waals surface area contributed by atoms with Gasteiger partial charge in [0.05, 0.1) is 40.5 Å².